The van der Waals surface area contributed by atoms with Crippen LogP contribution in [0.15, 0.2) is 48.9 Å². The van der Waals surface area contributed by atoms with Gasteiger partial charge in [0.15, 0.2) is 0 Å². The van der Waals surface area contributed by atoms with Crippen LogP contribution in [0.25, 0.3) is 10.8 Å². The summed E-state index contributed by atoms with van der Waals surface area (Å²) in [6.07, 6.45) is 5.07. The van der Waals surface area contributed by atoms with Crippen LogP contribution < -0.4 is 5.32 Å². The van der Waals surface area contributed by atoms with Crippen molar-refractivity contribution in [3.63, 3.8) is 0 Å². The highest BCUT2D eigenvalue weighted by atomic mass is 19.1. The van der Waals surface area contributed by atoms with Crippen molar-refractivity contribution in [3.8, 4) is 0 Å². The Labute approximate surface area is 110 Å². The summed E-state index contributed by atoms with van der Waals surface area (Å²) in [7, 11) is 0. The second-order valence-electron chi connectivity index (χ2n) is 4.38. The molecule has 0 unspecified atom stereocenters. The third-order valence-electron chi connectivity index (χ3n) is 2.95. The minimum atomic E-state index is -0.262. The molecule has 0 amide bonds. The van der Waals surface area contributed by atoms with Gasteiger partial charge in [0.05, 0.1) is 0 Å². The van der Waals surface area contributed by atoms with Gasteiger partial charge in [-0.3, -0.25) is 4.98 Å². The maximum Gasteiger partial charge on any atom is 0.133 e. The van der Waals surface area contributed by atoms with Gasteiger partial charge in [-0.2, -0.15) is 0 Å². The van der Waals surface area contributed by atoms with Crippen LogP contribution in [0.2, 0.25) is 0 Å². The highest BCUT2D eigenvalue weighted by Crippen LogP contribution is 2.21. The molecule has 0 spiro atoms. The van der Waals surface area contributed by atoms with E-state index in [2.05, 4.69) is 15.3 Å². The van der Waals surface area contributed by atoms with Gasteiger partial charge in [-0.05, 0) is 30.5 Å². The average molecular weight is 253 g/mol. The first-order chi connectivity index (χ1) is 9.22. The van der Waals surface area contributed by atoms with Gasteiger partial charge in [-0.25, -0.2) is 9.37 Å². The Kier molecular flexibility index (Phi) is 2.83. The number of anilines is 2. The van der Waals surface area contributed by atoms with Crippen molar-refractivity contribution in [3.05, 3.63) is 60.3 Å². The highest BCUT2D eigenvalue weighted by molar-refractivity contribution is 5.85. The summed E-state index contributed by atoms with van der Waals surface area (Å²) in [6, 6.07) is 9.20. The van der Waals surface area contributed by atoms with Crippen LogP contribution in [0, 0.1) is 12.7 Å². The predicted molar refractivity (Wildman–Crippen MR) is 74.0 cm³/mol. The van der Waals surface area contributed by atoms with Crippen molar-refractivity contribution < 1.29 is 4.39 Å². The lowest BCUT2D eigenvalue weighted by Gasteiger charge is -2.07. The van der Waals surface area contributed by atoms with E-state index in [4.69, 9.17) is 0 Å². The van der Waals surface area contributed by atoms with Gasteiger partial charge in [-0.15, -0.1) is 0 Å². The van der Waals surface area contributed by atoms with E-state index in [0.29, 0.717) is 11.4 Å². The van der Waals surface area contributed by atoms with Crippen LogP contribution >= 0.6 is 0 Å². The molecule has 0 saturated heterocycles. The van der Waals surface area contributed by atoms with Crippen LogP contribution in [-0.2, 0) is 0 Å². The quantitative estimate of drug-likeness (QED) is 0.754. The lowest BCUT2D eigenvalue weighted by atomic mass is 10.1. The Morgan fingerprint density at radius 1 is 1.05 bits per heavy atom. The van der Waals surface area contributed by atoms with Crippen LogP contribution in [0.1, 0.15) is 5.56 Å². The van der Waals surface area contributed by atoms with E-state index in [-0.39, 0.29) is 5.82 Å². The van der Waals surface area contributed by atoms with Gasteiger partial charge < -0.3 is 5.32 Å². The number of rotatable bonds is 2. The van der Waals surface area contributed by atoms with Crippen LogP contribution in [0.3, 0.4) is 0 Å². The summed E-state index contributed by atoms with van der Waals surface area (Å²) in [6.45, 7) is 1.69. The largest absolute Gasteiger partial charge is 0.340 e. The number of pyridine rings is 2. The molecule has 0 saturated carbocycles. The van der Waals surface area contributed by atoms with Crippen LogP contribution in [0.5, 0.6) is 0 Å². The minimum absolute atomic E-state index is 0.262. The molecule has 2 heterocycles. The zero-order valence-corrected chi connectivity index (χ0v) is 10.4. The van der Waals surface area contributed by atoms with E-state index in [1.54, 1.807) is 13.1 Å². The van der Waals surface area contributed by atoms with E-state index < -0.39 is 0 Å². The van der Waals surface area contributed by atoms with E-state index in [1.165, 1.54) is 12.3 Å². The molecule has 0 fully saturated rings. The molecule has 0 radical (unpaired) electrons. The molecule has 19 heavy (non-hydrogen) atoms. The van der Waals surface area contributed by atoms with Gasteiger partial charge in [-0.1, -0.05) is 6.07 Å². The normalized spacial score (nSPS) is 10.6. The Hall–Kier alpha value is -2.49. The number of benzene rings is 1. The molecule has 0 aliphatic rings. The molecule has 2 aromatic heterocycles. The van der Waals surface area contributed by atoms with Crippen LogP contribution in [0.4, 0.5) is 15.9 Å². The Balaban J connectivity index is 1.94. The number of halogens is 1. The second kappa shape index (κ2) is 4.65. The second-order valence-corrected chi connectivity index (χ2v) is 4.38. The molecule has 94 valence electrons. The summed E-state index contributed by atoms with van der Waals surface area (Å²) in [5.41, 5.74) is 1.41. The molecular formula is C15H12FN3. The summed E-state index contributed by atoms with van der Waals surface area (Å²) in [4.78, 5) is 8.22. The van der Waals surface area contributed by atoms with Crippen molar-refractivity contribution in [1.29, 1.82) is 0 Å². The van der Waals surface area contributed by atoms with Crippen molar-refractivity contribution >= 4 is 22.3 Å². The number of nitrogens with zero attached hydrogens (tertiary/aromatic N) is 2. The Bertz CT molecular complexity index is 740. The maximum atomic E-state index is 13.4. The smallest absolute Gasteiger partial charge is 0.133 e. The molecule has 1 N–H and O–H groups in total. The van der Waals surface area contributed by atoms with Crippen molar-refractivity contribution in [2.75, 3.05) is 5.32 Å². The molecule has 4 heteroatoms. The van der Waals surface area contributed by atoms with E-state index in [1.807, 2.05) is 30.5 Å². The summed E-state index contributed by atoms with van der Waals surface area (Å²) in [5, 5.41) is 5.23. The van der Waals surface area contributed by atoms with E-state index >= 15 is 0 Å². The van der Waals surface area contributed by atoms with Crippen LogP contribution in [-0.4, -0.2) is 9.97 Å². The third kappa shape index (κ3) is 2.38. The maximum absolute atomic E-state index is 13.4. The van der Waals surface area contributed by atoms with E-state index in [0.717, 1.165) is 16.5 Å². The topological polar surface area (TPSA) is 37.8 Å². The zero-order valence-electron chi connectivity index (χ0n) is 10.4. The number of hydrogen-bond acceptors (Lipinski definition) is 3. The fourth-order valence-corrected chi connectivity index (χ4v) is 1.88. The zero-order chi connectivity index (χ0) is 13.2. The Morgan fingerprint density at radius 2 is 1.95 bits per heavy atom. The minimum Gasteiger partial charge on any atom is -0.340 e. The summed E-state index contributed by atoms with van der Waals surface area (Å²) in [5.74, 6) is 0.235. The van der Waals surface area contributed by atoms with Gasteiger partial charge in [0.25, 0.3) is 0 Å². The monoisotopic (exact) mass is 253 g/mol. The third-order valence-corrected chi connectivity index (χ3v) is 2.95. The molecule has 0 atom stereocenters. The fourth-order valence-electron chi connectivity index (χ4n) is 1.88. The lowest BCUT2D eigenvalue weighted by molar-refractivity contribution is 0.617. The predicted octanol–water partition coefficient (Wildman–Crippen LogP) is 3.82. The number of aromatic nitrogens is 2. The standard InChI is InChI=1S/C15H12FN3/c1-10-8-18-15(7-14(10)16)19-13-3-2-12-9-17-5-4-11(12)6-13/h2-9H,1H3,(H,18,19). The molecule has 3 nitrogen and oxygen atoms in total. The Morgan fingerprint density at radius 3 is 2.79 bits per heavy atom. The first-order valence-corrected chi connectivity index (χ1v) is 5.95. The fraction of sp³-hybridized carbons (Fsp3) is 0.0667. The molecule has 0 aliphatic carbocycles. The molecule has 3 rings (SSSR count). The first kappa shape index (κ1) is 11.6. The molecule has 0 bridgehead atoms. The lowest BCUT2D eigenvalue weighted by Crippen LogP contribution is -1.95. The molecule has 1 aromatic carbocycles. The summed E-state index contributed by atoms with van der Waals surface area (Å²) < 4.78 is 13.4. The SMILES string of the molecule is Cc1cnc(Nc2ccc3cnccc3c2)cc1F. The number of aryl methyl sites for hydroxylation is 1. The molecule has 0 aliphatic heterocycles. The first-order valence-electron chi connectivity index (χ1n) is 5.95. The van der Waals surface area contributed by atoms with Gasteiger partial charge >= 0.3 is 0 Å². The van der Waals surface area contributed by atoms with E-state index in [9.17, 15) is 4.39 Å². The van der Waals surface area contributed by atoms with Gasteiger partial charge in [0, 0.05) is 41.3 Å². The molecule has 3 aromatic rings. The summed E-state index contributed by atoms with van der Waals surface area (Å²) >= 11 is 0. The van der Waals surface area contributed by atoms with Crippen molar-refractivity contribution in [1.82, 2.24) is 9.97 Å². The number of hydrogen-bond donors (Lipinski definition) is 1. The number of nitrogens with one attached hydrogen (secondary N) is 1. The number of fused-ring (bicyclic) bond motifs is 1. The average Bonchev–Trinajstić information content (AvgIpc) is 2.43. The van der Waals surface area contributed by atoms with Gasteiger partial charge in [0.1, 0.15) is 11.6 Å². The molecular weight excluding hydrogens is 241 g/mol. The van der Waals surface area contributed by atoms with Crippen molar-refractivity contribution in [2.24, 2.45) is 0 Å². The van der Waals surface area contributed by atoms with Crippen molar-refractivity contribution in [2.45, 2.75) is 6.92 Å². The highest BCUT2D eigenvalue weighted by Gasteiger charge is 2.02. The van der Waals surface area contributed by atoms with Gasteiger partial charge in [0.2, 0.25) is 0 Å².